The smallest absolute Gasteiger partial charge is 0.193 e. The molecule has 524 valence electrons. The summed E-state index contributed by atoms with van der Waals surface area (Å²) in [6, 6.07) is 87.7. The first-order valence-electron chi connectivity index (χ1n) is 34.6. The van der Waals surface area contributed by atoms with Crippen molar-refractivity contribution < 1.29 is 14.3 Å². The van der Waals surface area contributed by atoms with Gasteiger partial charge >= 0.3 is 0 Å². The minimum absolute atomic E-state index is 0.0237. The summed E-state index contributed by atoms with van der Waals surface area (Å²) in [5, 5.41) is 1.09. The van der Waals surface area contributed by atoms with Crippen LogP contribution in [0.2, 0.25) is 0 Å². The van der Waals surface area contributed by atoms with Crippen molar-refractivity contribution >= 4 is 57.4 Å². The van der Waals surface area contributed by atoms with Crippen molar-refractivity contribution in [3.63, 3.8) is 0 Å². The number of nitrogens with zero attached hydrogens (tertiary/aromatic N) is 1. The van der Waals surface area contributed by atoms with Crippen molar-refractivity contribution in [2.45, 2.75) is 127 Å². The van der Waals surface area contributed by atoms with E-state index in [4.69, 9.17) is 27.7 Å². The van der Waals surface area contributed by atoms with Gasteiger partial charge in [0.25, 0.3) is 0 Å². The first kappa shape index (κ1) is 79.6. The molecule has 1 heterocycles. The number of hydrogen-bond acceptors (Lipinski definition) is 8. The molecule has 8 nitrogen and oxygen atoms in total. The summed E-state index contributed by atoms with van der Waals surface area (Å²) in [6.07, 6.45) is 8.01. The van der Waals surface area contributed by atoms with Crippen LogP contribution < -0.4 is 27.7 Å². The Bertz CT molecular complexity index is 4590. The average molecular weight is 1350 g/mol. The van der Waals surface area contributed by atoms with Gasteiger partial charge in [-0.15, -0.1) is 0 Å². The third-order valence-electron chi connectivity index (χ3n) is 16.4. The molecule has 0 unspecified atom stereocenters. The summed E-state index contributed by atoms with van der Waals surface area (Å²) in [5.74, 6) is 1.82. The van der Waals surface area contributed by atoms with E-state index in [9.17, 15) is 9.59 Å². The Morgan fingerprint density at radius 2 is 0.912 bits per heavy atom. The molecule has 0 saturated carbocycles. The number of aryl methyl sites for hydroxylation is 5. The quantitative estimate of drug-likeness (QED) is 0.0697. The SMILES string of the molecule is C=Cc1cccc(C)c1.CC(=O)/C=C/c1ccc(N)cc1.CC(C)(C)c1cc(C(C)(C)C)c(N)c(C(C)(C)C)c1.Cc1ccc(Oc2ccccc2)cc1.Cc1ccc2c(c1)Cc1ccccc1-2.Cc1cccc(C)c1.Nc1ccc(C(=O)c2ccccc2)cc1.Nc1cccc2cccnc12. The number of hydrogen-bond donors (Lipinski definition) is 4. The van der Waals surface area contributed by atoms with E-state index in [1.807, 2.05) is 133 Å². The largest absolute Gasteiger partial charge is 0.457 e. The van der Waals surface area contributed by atoms with Crippen molar-refractivity contribution in [2.24, 2.45) is 0 Å². The van der Waals surface area contributed by atoms with Crippen molar-refractivity contribution in [2.75, 3.05) is 22.9 Å². The fourth-order valence-corrected chi connectivity index (χ4v) is 10.8. The van der Waals surface area contributed by atoms with E-state index >= 15 is 0 Å². The van der Waals surface area contributed by atoms with E-state index in [1.165, 1.54) is 85.3 Å². The van der Waals surface area contributed by atoms with E-state index in [0.29, 0.717) is 16.8 Å². The Kier molecular flexibility index (Phi) is 29.9. The number of pyridine rings is 1. The maximum Gasteiger partial charge on any atom is 0.193 e. The fraction of sp³-hybridized carbons (Fsp3) is 0.202. The summed E-state index contributed by atoms with van der Waals surface area (Å²) in [7, 11) is 0. The first-order chi connectivity index (χ1) is 48.4. The summed E-state index contributed by atoms with van der Waals surface area (Å²) in [6.45, 7) is 35.9. The Morgan fingerprint density at radius 3 is 1.43 bits per heavy atom. The monoisotopic (exact) mass is 1350 g/mol. The summed E-state index contributed by atoms with van der Waals surface area (Å²) in [4.78, 5) is 26.6. The van der Waals surface area contributed by atoms with E-state index in [2.05, 4.69) is 199 Å². The number of allylic oxidation sites excluding steroid dienone is 1. The number of carbonyl (C=O) groups excluding carboxylic acids is 2. The summed E-state index contributed by atoms with van der Waals surface area (Å²) >= 11 is 0. The Morgan fingerprint density at radius 1 is 0.431 bits per heavy atom. The molecule has 8 heteroatoms. The predicted octanol–water partition coefficient (Wildman–Crippen LogP) is 23.6. The van der Waals surface area contributed by atoms with Crippen LogP contribution in [0.15, 0.2) is 286 Å². The zero-order valence-electron chi connectivity index (χ0n) is 62.6. The molecule has 0 spiro atoms. The molecule has 0 fully saturated rings. The zero-order valence-corrected chi connectivity index (χ0v) is 62.6. The molecule has 0 aliphatic heterocycles. The number of aromatic nitrogens is 1. The van der Waals surface area contributed by atoms with Crippen molar-refractivity contribution in [3.8, 4) is 22.6 Å². The molecule has 0 bridgehead atoms. The fourth-order valence-electron chi connectivity index (χ4n) is 10.8. The maximum atomic E-state index is 11.9. The summed E-state index contributed by atoms with van der Waals surface area (Å²) < 4.78 is 5.63. The predicted molar refractivity (Wildman–Crippen MR) is 439 cm³/mol. The lowest BCUT2D eigenvalue weighted by Crippen LogP contribution is -2.23. The second kappa shape index (κ2) is 38.3. The van der Waals surface area contributed by atoms with Gasteiger partial charge in [0.15, 0.2) is 11.6 Å². The van der Waals surface area contributed by atoms with Gasteiger partial charge in [-0.3, -0.25) is 14.6 Å². The second-order valence-corrected chi connectivity index (χ2v) is 28.6. The number of para-hydroxylation sites is 2. The van der Waals surface area contributed by atoms with Gasteiger partial charge in [-0.25, -0.2) is 0 Å². The highest BCUT2D eigenvalue weighted by atomic mass is 16.5. The molecule has 0 amide bonds. The highest BCUT2D eigenvalue weighted by molar-refractivity contribution is 6.09. The number of nitrogen functional groups attached to an aromatic ring is 4. The van der Waals surface area contributed by atoms with Crippen LogP contribution in [0.4, 0.5) is 22.7 Å². The van der Waals surface area contributed by atoms with Crippen LogP contribution in [0.1, 0.15) is 152 Å². The third kappa shape index (κ3) is 26.4. The average Bonchev–Trinajstić information content (AvgIpc) is 0.886. The Hall–Kier alpha value is -11.4. The molecule has 102 heavy (non-hydrogen) atoms. The van der Waals surface area contributed by atoms with Crippen LogP contribution in [0.5, 0.6) is 11.5 Å². The molecular formula is C94H105N5O3. The highest BCUT2D eigenvalue weighted by Gasteiger charge is 2.28. The van der Waals surface area contributed by atoms with E-state index < -0.39 is 0 Å². The lowest BCUT2D eigenvalue weighted by molar-refractivity contribution is -0.112. The third-order valence-corrected chi connectivity index (χ3v) is 16.4. The first-order valence-corrected chi connectivity index (χ1v) is 34.6. The molecule has 1 aliphatic carbocycles. The number of rotatable bonds is 7. The van der Waals surface area contributed by atoms with Crippen LogP contribution >= 0.6 is 0 Å². The molecule has 11 aromatic carbocycles. The number of fused-ring (bicyclic) bond motifs is 4. The zero-order chi connectivity index (χ0) is 74.6. The van der Waals surface area contributed by atoms with Crippen molar-refractivity contribution in [3.05, 3.63) is 364 Å². The lowest BCUT2D eigenvalue weighted by atomic mass is 9.74. The molecule has 1 aromatic heterocycles. The second-order valence-electron chi connectivity index (χ2n) is 28.6. The minimum atomic E-state index is 0.0237. The van der Waals surface area contributed by atoms with Gasteiger partial charge in [-0.05, 0) is 193 Å². The van der Waals surface area contributed by atoms with Gasteiger partial charge in [-0.1, -0.05) is 303 Å². The topological polar surface area (TPSA) is 160 Å². The van der Waals surface area contributed by atoms with Gasteiger partial charge in [0.05, 0.1) is 11.2 Å². The number of ketones is 2. The standard InChI is InChI=1S/C18H31N.C14H12.C13H11NO.C13H12O.C10H11NO.C9H8N2.C9H10.C8H10/c1-16(2,3)12-10-13(17(4,5)6)15(19)14(11-12)18(7,8)9;1-10-6-7-14-12(8-10)9-11-4-2-3-5-13(11)14;14-12-8-6-11(7-9-12)13(15)10-4-2-1-3-5-10;1-11-7-9-13(10-8-11)14-12-5-3-2-4-6-12;1-8(12)2-3-9-4-6-10(11)7-5-9;10-8-5-1-3-7-4-2-6-11-9(7)8;1-3-9-6-4-5-8(2)7-9;1-7-4-3-5-8(2)6-7/h10-11H,19H2,1-9H3;2-8H,9H2,1H3;1-9H,14H2;2-10H,1H3;2-7H,11H2,1H3;1-6H,10H2;3-7H,1H2,2H3;3-6H,1-2H3/b;;;;3-2+;;;. The van der Waals surface area contributed by atoms with Crippen molar-refractivity contribution in [1.29, 1.82) is 0 Å². The molecule has 13 rings (SSSR count). The van der Waals surface area contributed by atoms with Crippen LogP contribution in [0.25, 0.3) is 34.2 Å². The van der Waals surface area contributed by atoms with E-state index in [0.717, 1.165) is 51.4 Å². The van der Waals surface area contributed by atoms with Gasteiger partial charge in [0.2, 0.25) is 0 Å². The molecule has 12 aromatic rings. The molecule has 1 aliphatic rings. The lowest BCUT2D eigenvalue weighted by Gasteiger charge is -2.32. The van der Waals surface area contributed by atoms with Crippen molar-refractivity contribution in [1.82, 2.24) is 4.98 Å². The molecular weight excluding hydrogens is 1250 g/mol. The normalized spacial score (nSPS) is 10.9. The van der Waals surface area contributed by atoms with Crippen LogP contribution in [0.3, 0.4) is 0 Å². The van der Waals surface area contributed by atoms with E-state index in [-0.39, 0.29) is 27.8 Å². The van der Waals surface area contributed by atoms with Gasteiger partial charge < -0.3 is 27.7 Å². The number of nitrogens with two attached hydrogens (primary N) is 4. The van der Waals surface area contributed by atoms with Gasteiger partial charge in [-0.2, -0.15) is 0 Å². The van der Waals surface area contributed by atoms with Gasteiger partial charge in [0.1, 0.15) is 11.5 Å². The maximum absolute atomic E-state index is 11.9. The Labute approximate surface area is 608 Å². The van der Waals surface area contributed by atoms with Crippen LogP contribution in [-0.4, -0.2) is 16.6 Å². The molecule has 0 saturated heterocycles. The van der Waals surface area contributed by atoms with Gasteiger partial charge in [0, 0.05) is 39.8 Å². The number of anilines is 4. The number of ether oxygens (including phenoxy) is 1. The minimum Gasteiger partial charge on any atom is -0.457 e. The number of carbonyl (C=O) groups is 2. The number of benzene rings is 11. The van der Waals surface area contributed by atoms with Crippen LogP contribution in [-0.2, 0) is 27.5 Å². The summed E-state index contributed by atoms with van der Waals surface area (Å²) in [5.41, 5.74) is 47.3. The van der Waals surface area contributed by atoms with E-state index in [1.54, 1.807) is 60.8 Å². The highest BCUT2D eigenvalue weighted by Crippen LogP contribution is 2.40. The molecule has 0 atom stereocenters. The Balaban J connectivity index is 0.000000185. The molecule has 8 N–H and O–H groups in total. The molecule has 0 radical (unpaired) electrons. The van der Waals surface area contributed by atoms with Crippen LogP contribution in [0, 0.1) is 34.6 Å².